The number of anilines is 1. The first kappa shape index (κ1) is 16.8. The van der Waals surface area contributed by atoms with Gasteiger partial charge < -0.3 is 9.64 Å². The van der Waals surface area contributed by atoms with Gasteiger partial charge in [0, 0.05) is 49.8 Å². The fourth-order valence-electron chi connectivity index (χ4n) is 2.69. The van der Waals surface area contributed by atoms with Crippen molar-refractivity contribution in [1.82, 2.24) is 9.97 Å². The van der Waals surface area contributed by atoms with Crippen LogP contribution in [0.5, 0.6) is 0 Å². The Balaban J connectivity index is 1.99. The van der Waals surface area contributed by atoms with Crippen LogP contribution in [0.25, 0.3) is 10.8 Å². The lowest BCUT2D eigenvalue weighted by Gasteiger charge is -2.33. The number of piperidine rings is 1. The fourth-order valence-corrected chi connectivity index (χ4v) is 2.85. The summed E-state index contributed by atoms with van der Waals surface area (Å²) in [5.41, 5.74) is 0.536. The standard InChI is InChI=1S/C16H16ClF2N3O2/c1-10(23)24-9-12-6-11-8-20-14(17)7-13(11)15(21-12)22-4-2-16(18,19)3-5-22/h6-8H,2-5,9H2,1H3. The minimum atomic E-state index is -2.64. The van der Waals surface area contributed by atoms with E-state index in [4.69, 9.17) is 16.3 Å². The van der Waals surface area contributed by atoms with Crippen molar-refractivity contribution in [2.75, 3.05) is 18.0 Å². The highest BCUT2D eigenvalue weighted by Crippen LogP contribution is 2.33. The predicted octanol–water partition coefficient (Wildman–Crippen LogP) is 3.58. The summed E-state index contributed by atoms with van der Waals surface area (Å²) in [6, 6.07) is 3.42. The molecule has 3 rings (SSSR count). The molecular weight excluding hydrogens is 340 g/mol. The normalized spacial score (nSPS) is 17.1. The second-order valence-electron chi connectivity index (χ2n) is 5.79. The minimum Gasteiger partial charge on any atom is -0.459 e. The summed E-state index contributed by atoms with van der Waals surface area (Å²) in [6.07, 6.45) is 1.16. The van der Waals surface area contributed by atoms with Crippen LogP contribution in [0.4, 0.5) is 14.6 Å². The number of halogens is 3. The third-order valence-corrected chi connectivity index (χ3v) is 4.14. The quantitative estimate of drug-likeness (QED) is 0.622. The van der Waals surface area contributed by atoms with E-state index in [1.165, 1.54) is 6.92 Å². The number of alkyl halides is 2. The van der Waals surface area contributed by atoms with Crippen molar-refractivity contribution in [2.24, 2.45) is 0 Å². The first-order chi connectivity index (χ1) is 11.3. The zero-order chi connectivity index (χ0) is 17.3. The minimum absolute atomic E-state index is 0.0187. The third-order valence-electron chi connectivity index (χ3n) is 3.93. The monoisotopic (exact) mass is 355 g/mol. The molecule has 2 aromatic heterocycles. The summed E-state index contributed by atoms with van der Waals surface area (Å²) in [6.45, 7) is 1.74. The Labute approximate surface area is 142 Å². The molecule has 0 bridgehead atoms. The van der Waals surface area contributed by atoms with Crippen LogP contribution in [0, 0.1) is 0 Å². The zero-order valence-electron chi connectivity index (χ0n) is 13.1. The van der Waals surface area contributed by atoms with Crippen LogP contribution in [-0.4, -0.2) is 34.9 Å². The number of nitrogens with zero attached hydrogens (tertiary/aromatic N) is 3. The van der Waals surface area contributed by atoms with Gasteiger partial charge in [-0.05, 0) is 12.1 Å². The number of carbonyl (C=O) groups excluding carboxylic acids is 1. The van der Waals surface area contributed by atoms with Gasteiger partial charge in [0.25, 0.3) is 5.92 Å². The lowest BCUT2D eigenvalue weighted by molar-refractivity contribution is -0.142. The second kappa shape index (κ2) is 6.47. The van der Waals surface area contributed by atoms with Crippen LogP contribution in [0.15, 0.2) is 18.3 Å². The van der Waals surface area contributed by atoms with Crippen molar-refractivity contribution >= 4 is 34.2 Å². The topological polar surface area (TPSA) is 55.3 Å². The molecule has 128 valence electrons. The number of fused-ring (bicyclic) bond motifs is 1. The Hall–Kier alpha value is -2.02. The first-order valence-corrected chi connectivity index (χ1v) is 7.93. The average molecular weight is 356 g/mol. The van der Waals surface area contributed by atoms with Crippen molar-refractivity contribution in [3.63, 3.8) is 0 Å². The summed E-state index contributed by atoms with van der Waals surface area (Å²) < 4.78 is 31.8. The smallest absolute Gasteiger partial charge is 0.303 e. The number of ether oxygens (including phenoxy) is 1. The number of aromatic nitrogens is 2. The van der Waals surface area contributed by atoms with E-state index in [0.29, 0.717) is 16.7 Å². The average Bonchev–Trinajstić information content (AvgIpc) is 2.52. The van der Waals surface area contributed by atoms with Crippen LogP contribution in [-0.2, 0) is 16.1 Å². The van der Waals surface area contributed by atoms with Crippen LogP contribution < -0.4 is 4.90 Å². The van der Waals surface area contributed by atoms with Gasteiger partial charge in [0.2, 0.25) is 0 Å². The van der Waals surface area contributed by atoms with Crippen molar-refractivity contribution < 1.29 is 18.3 Å². The molecule has 3 heterocycles. The Morgan fingerprint density at radius 3 is 2.75 bits per heavy atom. The van der Waals surface area contributed by atoms with Gasteiger partial charge in [0.15, 0.2) is 0 Å². The highest BCUT2D eigenvalue weighted by Gasteiger charge is 2.34. The molecule has 2 aromatic rings. The fraction of sp³-hybridized carbons (Fsp3) is 0.438. The van der Waals surface area contributed by atoms with Gasteiger partial charge in [0.05, 0.1) is 5.69 Å². The molecule has 0 atom stereocenters. The highest BCUT2D eigenvalue weighted by atomic mass is 35.5. The number of esters is 1. The molecule has 0 spiro atoms. The van der Waals surface area contributed by atoms with Crippen LogP contribution in [0.2, 0.25) is 5.15 Å². The lowest BCUT2D eigenvalue weighted by atomic mass is 10.1. The van der Waals surface area contributed by atoms with Gasteiger partial charge in [-0.3, -0.25) is 4.79 Å². The maximum absolute atomic E-state index is 13.4. The summed E-state index contributed by atoms with van der Waals surface area (Å²) in [7, 11) is 0. The Morgan fingerprint density at radius 1 is 1.38 bits per heavy atom. The molecule has 8 heteroatoms. The van der Waals surface area contributed by atoms with Crippen molar-refractivity contribution in [2.45, 2.75) is 32.3 Å². The summed E-state index contributed by atoms with van der Waals surface area (Å²) in [5.74, 6) is -2.49. The molecule has 0 unspecified atom stereocenters. The van der Waals surface area contributed by atoms with Gasteiger partial charge >= 0.3 is 5.97 Å². The molecular formula is C16H16ClF2N3O2. The van der Waals surface area contributed by atoms with E-state index in [1.54, 1.807) is 18.3 Å². The van der Waals surface area contributed by atoms with E-state index < -0.39 is 11.9 Å². The summed E-state index contributed by atoms with van der Waals surface area (Å²) in [5, 5.41) is 1.82. The summed E-state index contributed by atoms with van der Waals surface area (Å²) >= 11 is 5.97. The SMILES string of the molecule is CC(=O)OCc1cc2cnc(Cl)cc2c(N2CCC(F)(F)CC2)n1. The first-order valence-electron chi connectivity index (χ1n) is 7.55. The molecule has 1 fully saturated rings. The summed E-state index contributed by atoms with van der Waals surface area (Å²) in [4.78, 5) is 21.4. The van der Waals surface area contributed by atoms with E-state index in [2.05, 4.69) is 9.97 Å². The van der Waals surface area contributed by atoms with Gasteiger partial charge in [-0.1, -0.05) is 11.6 Å². The van der Waals surface area contributed by atoms with E-state index in [9.17, 15) is 13.6 Å². The number of carbonyl (C=O) groups is 1. The Kier molecular flexibility index (Phi) is 4.54. The molecule has 1 saturated heterocycles. The van der Waals surface area contributed by atoms with Crippen molar-refractivity contribution in [3.8, 4) is 0 Å². The van der Waals surface area contributed by atoms with Crippen molar-refractivity contribution in [3.05, 3.63) is 29.2 Å². The molecule has 0 radical (unpaired) electrons. The maximum atomic E-state index is 13.4. The number of pyridine rings is 2. The van der Waals surface area contributed by atoms with E-state index in [1.807, 2.05) is 4.90 Å². The lowest BCUT2D eigenvalue weighted by Crippen LogP contribution is -2.40. The second-order valence-corrected chi connectivity index (χ2v) is 6.18. The Morgan fingerprint density at radius 2 is 2.08 bits per heavy atom. The number of hydrogen-bond donors (Lipinski definition) is 0. The van der Waals surface area contributed by atoms with Crippen LogP contribution >= 0.6 is 11.6 Å². The molecule has 0 amide bonds. The van der Waals surface area contributed by atoms with Gasteiger partial charge in [-0.25, -0.2) is 18.7 Å². The van der Waals surface area contributed by atoms with Gasteiger partial charge in [0.1, 0.15) is 17.6 Å². The van der Waals surface area contributed by atoms with E-state index in [-0.39, 0.29) is 32.5 Å². The molecule has 0 aromatic carbocycles. The molecule has 5 nitrogen and oxygen atoms in total. The predicted molar refractivity (Wildman–Crippen MR) is 86.4 cm³/mol. The Bertz CT molecular complexity index is 775. The zero-order valence-corrected chi connectivity index (χ0v) is 13.8. The largest absolute Gasteiger partial charge is 0.459 e. The molecule has 0 saturated carbocycles. The molecule has 1 aliphatic rings. The molecule has 1 aliphatic heterocycles. The molecule has 0 N–H and O–H groups in total. The van der Waals surface area contributed by atoms with Gasteiger partial charge in [-0.15, -0.1) is 0 Å². The van der Waals surface area contributed by atoms with Crippen LogP contribution in [0.1, 0.15) is 25.5 Å². The van der Waals surface area contributed by atoms with Gasteiger partial charge in [-0.2, -0.15) is 0 Å². The van der Waals surface area contributed by atoms with Crippen LogP contribution in [0.3, 0.4) is 0 Å². The van der Waals surface area contributed by atoms with E-state index >= 15 is 0 Å². The van der Waals surface area contributed by atoms with E-state index in [0.717, 1.165) is 10.8 Å². The maximum Gasteiger partial charge on any atom is 0.303 e. The molecule has 0 aliphatic carbocycles. The highest BCUT2D eigenvalue weighted by molar-refractivity contribution is 6.30. The number of rotatable bonds is 3. The number of hydrogen-bond acceptors (Lipinski definition) is 5. The van der Waals surface area contributed by atoms with Crippen molar-refractivity contribution in [1.29, 1.82) is 0 Å². The third kappa shape index (κ3) is 3.72. The molecule has 24 heavy (non-hydrogen) atoms.